The molecule has 0 spiro atoms. The molecule has 0 aliphatic carbocycles. The summed E-state index contributed by atoms with van der Waals surface area (Å²) in [6, 6.07) is 5.33. The molecule has 1 heterocycles. The number of phenols is 1. The van der Waals surface area contributed by atoms with E-state index in [-0.39, 0.29) is 11.3 Å². The molecule has 1 saturated heterocycles. The van der Waals surface area contributed by atoms with E-state index >= 15 is 0 Å². The van der Waals surface area contributed by atoms with Gasteiger partial charge in [-0.2, -0.15) is 0 Å². The van der Waals surface area contributed by atoms with Crippen LogP contribution in [0.1, 0.15) is 17.3 Å². The number of aliphatic hydroxyl groups excluding tert-OH is 3. The van der Waals surface area contributed by atoms with E-state index in [1.54, 1.807) is 0 Å². The molecule has 20 heavy (non-hydrogen) atoms. The summed E-state index contributed by atoms with van der Waals surface area (Å²) in [5, 5.41) is 38.0. The standard InChI is InChI=1S/C13H16O7/c1-6-9(15)10(16)11(17)13(19-6)20-12(18)7-2-4-8(14)5-3-7/h2-6,9-11,13-17H,1H3/t6-,9-,10+,11+,13-/m0/s1. The SMILES string of the molecule is C[C@@H]1O[C@@H](OC(=O)c2ccc(O)cc2)[C@H](O)[C@H](O)[C@H]1O. The fourth-order valence-electron chi connectivity index (χ4n) is 1.88. The van der Waals surface area contributed by atoms with Gasteiger partial charge in [-0.1, -0.05) is 0 Å². The highest BCUT2D eigenvalue weighted by Crippen LogP contribution is 2.23. The Labute approximate surface area is 115 Å². The van der Waals surface area contributed by atoms with Crippen molar-refractivity contribution in [3.8, 4) is 5.75 Å². The topological polar surface area (TPSA) is 116 Å². The zero-order valence-corrected chi connectivity index (χ0v) is 10.7. The van der Waals surface area contributed by atoms with Crippen LogP contribution in [0.3, 0.4) is 0 Å². The number of esters is 1. The normalized spacial score (nSPS) is 33.7. The maximum absolute atomic E-state index is 11.8. The van der Waals surface area contributed by atoms with Crippen LogP contribution in [0.15, 0.2) is 24.3 Å². The van der Waals surface area contributed by atoms with Crippen LogP contribution in [0, 0.1) is 0 Å². The lowest BCUT2D eigenvalue weighted by Crippen LogP contribution is -2.57. The Hall–Kier alpha value is -1.67. The fraction of sp³-hybridized carbons (Fsp3) is 0.462. The van der Waals surface area contributed by atoms with E-state index in [2.05, 4.69) is 0 Å². The predicted octanol–water partition coefficient (Wildman–Crippen LogP) is -0.624. The molecule has 0 unspecified atom stereocenters. The number of carbonyl (C=O) groups excluding carboxylic acids is 1. The van der Waals surface area contributed by atoms with Crippen molar-refractivity contribution >= 4 is 5.97 Å². The van der Waals surface area contributed by atoms with E-state index in [0.29, 0.717) is 0 Å². The molecule has 0 bridgehead atoms. The summed E-state index contributed by atoms with van der Waals surface area (Å²) < 4.78 is 10.1. The Morgan fingerprint density at radius 2 is 1.70 bits per heavy atom. The number of hydrogen-bond acceptors (Lipinski definition) is 7. The second kappa shape index (κ2) is 5.76. The molecule has 1 fully saturated rings. The van der Waals surface area contributed by atoms with Crippen molar-refractivity contribution in [1.82, 2.24) is 0 Å². The molecular weight excluding hydrogens is 268 g/mol. The molecule has 1 aliphatic rings. The minimum absolute atomic E-state index is 0.00247. The minimum Gasteiger partial charge on any atom is -0.508 e. The largest absolute Gasteiger partial charge is 0.508 e. The van der Waals surface area contributed by atoms with Gasteiger partial charge in [0.2, 0.25) is 6.29 Å². The molecule has 2 rings (SSSR count). The van der Waals surface area contributed by atoms with Crippen LogP contribution in [0.5, 0.6) is 5.75 Å². The van der Waals surface area contributed by atoms with Crippen molar-refractivity contribution in [1.29, 1.82) is 0 Å². The Morgan fingerprint density at radius 3 is 2.30 bits per heavy atom. The van der Waals surface area contributed by atoms with Crippen molar-refractivity contribution in [3.63, 3.8) is 0 Å². The van der Waals surface area contributed by atoms with Crippen LogP contribution in [0.25, 0.3) is 0 Å². The monoisotopic (exact) mass is 284 g/mol. The second-order valence-corrected chi connectivity index (χ2v) is 4.63. The van der Waals surface area contributed by atoms with E-state index in [1.807, 2.05) is 0 Å². The van der Waals surface area contributed by atoms with Crippen LogP contribution in [-0.4, -0.2) is 57.1 Å². The zero-order valence-electron chi connectivity index (χ0n) is 10.7. The summed E-state index contributed by atoms with van der Waals surface area (Å²) >= 11 is 0. The molecule has 1 aliphatic heterocycles. The smallest absolute Gasteiger partial charge is 0.340 e. The third-order valence-corrected chi connectivity index (χ3v) is 3.13. The molecule has 7 heteroatoms. The molecular formula is C13H16O7. The number of phenolic OH excluding ortho intramolecular Hbond substituents is 1. The molecule has 0 radical (unpaired) electrons. The van der Waals surface area contributed by atoms with Gasteiger partial charge in [0.25, 0.3) is 0 Å². The van der Waals surface area contributed by atoms with Gasteiger partial charge in [0.1, 0.15) is 24.1 Å². The van der Waals surface area contributed by atoms with E-state index in [1.165, 1.54) is 31.2 Å². The predicted molar refractivity (Wildman–Crippen MR) is 65.9 cm³/mol. The van der Waals surface area contributed by atoms with Crippen molar-refractivity contribution in [2.45, 2.75) is 37.6 Å². The van der Waals surface area contributed by atoms with E-state index < -0.39 is 36.7 Å². The second-order valence-electron chi connectivity index (χ2n) is 4.63. The van der Waals surface area contributed by atoms with Crippen molar-refractivity contribution < 1.29 is 34.7 Å². The van der Waals surface area contributed by atoms with Crippen molar-refractivity contribution in [2.75, 3.05) is 0 Å². The lowest BCUT2D eigenvalue weighted by atomic mass is 10.00. The van der Waals surface area contributed by atoms with Gasteiger partial charge in [0.05, 0.1) is 11.7 Å². The van der Waals surface area contributed by atoms with Crippen LogP contribution >= 0.6 is 0 Å². The number of rotatable bonds is 2. The number of carbonyl (C=O) groups is 1. The minimum atomic E-state index is -1.54. The highest BCUT2D eigenvalue weighted by molar-refractivity contribution is 5.89. The van der Waals surface area contributed by atoms with E-state index in [9.17, 15) is 20.1 Å². The third-order valence-electron chi connectivity index (χ3n) is 3.13. The molecule has 7 nitrogen and oxygen atoms in total. The molecule has 0 saturated carbocycles. The van der Waals surface area contributed by atoms with Gasteiger partial charge in [-0.15, -0.1) is 0 Å². The molecule has 4 N–H and O–H groups in total. The van der Waals surface area contributed by atoms with Crippen molar-refractivity contribution in [3.05, 3.63) is 29.8 Å². The number of ether oxygens (including phenoxy) is 2. The summed E-state index contributed by atoms with van der Waals surface area (Å²) in [4.78, 5) is 11.8. The molecule has 0 amide bonds. The first-order chi connectivity index (χ1) is 9.40. The van der Waals surface area contributed by atoms with E-state index in [4.69, 9.17) is 14.6 Å². The summed E-state index contributed by atoms with van der Waals surface area (Å²) in [7, 11) is 0. The summed E-state index contributed by atoms with van der Waals surface area (Å²) in [6.07, 6.45) is -6.41. The van der Waals surface area contributed by atoms with Gasteiger partial charge in [-0.25, -0.2) is 4.79 Å². The molecule has 1 aromatic carbocycles. The molecule has 110 valence electrons. The first-order valence-electron chi connectivity index (χ1n) is 6.10. The Bertz CT molecular complexity index is 472. The molecule has 0 aromatic heterocycles. The summed E-state index contributed by atoms with van der Waals surface area (Å²) in [5.74, 6) is -0.771. The quantitative estimate of drug-likeness (QED) is 0.535. The number of aromatic hydroxyl groups is 1. The molecule has 1 aromatic rings. The average molecular weight is 284 g/mol. The Balaban J connectivity index is 2.05. The maximum Gasteiger partial charge on any atom is 0.340 e. The lowest BCUT2D eigenvalue weighted by molar-refractivity contribution is -0.276. The Morgan fingerprint density at radius 1 is 1.10 bits per heavy atom. The van der Waals surface area contributed by atoms with Crippen molar-refractivity contribution in [2.24, 2.45) is 0 Å². The van der Waals surface area contributed by atoms with Crippen LogP contribution in [-0.2, 0) is 9.47 Å². The van der Waals surface area contributed by atoms with Gasteiger partial charge in [0.15, 0.2) is 0 Å². The Kier molecular flexibility index (Phi) is 4.24. The summed E-state index contributed by atoms with van der Waals surface area (Å²) in [5.41, 5.74) is 0.159. The lowest BCUT2D eigenvalue weighted by Gasteiger charge is -2.38. The third kappa shape index (κ3) is 2.91. The van der Waals surface area contributed by atoms with Gasteiger partial charge < -0.3 is 29.9 Å². The van der Waals surface area contributed by atoms with Crippen LogP contribution in [0.4, 0.5) is 0 Å². The van der Waals surface area contributed by atoms with Gasteiger partial charge in [0, 0.05) is 0 Å². The van der Waals surface area contributed by atoms with Crippen LogP contribution in [0.2, 0.25) is 0 Å². The highest BCUT2D eigenvalue weighted by atomic mass is 16.7. The zero-order chi connectivity index (χ0) is 14.9. The number of hydrogen-bond donors (Lipinski definition) is 4. The fourth-order valence-corrected chi connectivity index (χ4v) is 1.88. The van der Waals surface area contributed by atoms with Gasteiger partial charge >= 0.3 is 5.97 Å². The van der Waals surface area contributed by atoms with Gasteiger partial charge in [-0.3, -0.25) is 0 Å². The summed E-state index contributed by atoms with van der Waals surface area (Å²) in [6.45, 7) is 1.49. The average Bonchev–Trinajstić information content (AvgIpc) is 2.43. The maximum atomic E-state index is 11.8. The molecule has 5 atom stereocenters. The highest BCUT2D eigenvalue weighted by Gasteiger charge is 2.43. The number of aliphatic hydroxyl groups is 3. The first-order valence-corrected chi connectivity index (χ1v) is 6.10. The van der Waals surface area contributed by atoms with E-state index in [0.717, 1.165) is 0 Å². The van der Waals surface area contributed by atoms with Gasteiger partial charge in [-0.05, 0) is 31.2 Å². The first kappa shape index (κ1) is 14.7. The van der Waals surface area contributed by atoms with Crippen LogP contribution < -0.4 is 0 Å². The number of benzene rings is 1.